The van der Waals surface area contributed by atoms with E-state index in [1.165, 1.54) is 0 Å². The molecule has 0 spiro atoms. The molecule has 2 rings (SSSR count). The molecule has 0 aliphatic carbocycles. The highest BCUT2D eigenvalue weighted by molar-refractivity contribution is 7.91. The Kier molecular flexibility index (Phi) is 3.73. The third-order valence-corrected chi connectivity index (χ3v) is 4.82. The summed E-state index contributed by atoms with van der Waals surface area (Å²) in [7, 11) is -3.26. The maximum Gasteiger partial charge on any atom is 0.178 e. The van der Waals surface area contributed by atoms with Gasteiger partial charge in [0.25, 0.3) is 0 Å². The molecule has 1 heterocycles. The van der Waals surface area contributed by atoms with Crippen LogP contribution in [0.3, 0.4) is 0 Å². The molecule has 0 radical (unpaired) electrons. The quantitative estimate of drug-likeness (QED) is 0.873. The van der Waals surface area contributed by atoms with Crippen LogP contribution in [0.4, 0.5) is 5.69 Å². The Morgan fingerprint density at radius 2 is 2.16 bits per heavy atom. The van der Waals surface area contributed by atoms with Gasteiger partial charge in [0, 0.05) is 0 Å². The SMILES string of the molecule is CC1(C)CNc2cc(S(=O)(=O)CCCN)ccc2O1. The Hall–Kier alpha value is -1.27. The van der Waals surface area contributed by atoms with Gasteiger partial charge in [-0.3, -0.25) is 0 Å². The molecule has 1 aromatic carbocycles. The summed E-state index contributed by atoms with van der Waals surface area (Å²) >= 11 is 0. The third-order valence-electron chi connectivity index (χ3n) is 3.02. The van der Waals surface area contributed by atoms with E-state index in [4.69, 9.17) is 10.5 Å². The van der Waals surface area contributed by atoms with Crippen LogP contribution in [0.25, 0.3) is 0 Å². The number of nitrogens with one attached hydrogen (secondary N) is 1. The van der Waals surface area contributed by atoms with Crippen molar-refractivity contribution in [3.8, 4) is 5.75 Å². The maximum absolute atomic E-state index is 12.1. The molecule has 19 heavy (non-hydrogen) atoms. The van der Waals surface area contributed by atoms with Crippen molar-refractivity contribution in [2.75, 3.05) is 24.2 Å². The van der Waals surface area contributed by atoms with E-state index in [1.54, 1.807) is 18.2 Å². The monoisotopic (exact) mass is 284 g/mol. The van der Waals surface area contributed by atoms with Gasteiger partial charge in [-0.25, -0.2) is 8.42 Å². The topological polar surface area (TPSA) is 81.4 Å². The van der Waals surface area contributed by atoms with Crippen molar-refractivity contribution in [1.29, 1.82) is 0 Å². The number of ether oxygens (including phenoxy) is 1. The van der Waals surface area contributed by atoms with Gasteiger partial charge in [-0.05, 0) is 45.0 Å². The van der Waals surface area contributed by atoms with Crippen molar-refractivity contribution < 1.29 is 13.2 Å². The Morgan fingerprint density at radius 1 is 1.42 bits per heavy atom. The van der Waals surface area contributed by atoms with Crippen molar-refractivity contribution in [1.82, 2.24) is 0 Å². The summed E-state index contributed by atoms with van der Waals surface area (Å²) in [6.45, 7) is 4.98. The van der Waals surface area contributed by atoms with Gasteiger partial charge in [0.2, 0.25) is 0 Å². The fourth-order valence-corrected chi connectivity index (χ4v) is 3.32. The lowest BCUT2D eigenvalue weighted by molar-refractivity contribution is 0.116. The number of benzene rings is 1. The lowest BCUT2D eigenvalue weighted by Crippen LogP contribution is -2.40. The molecule has 1 aliphatic heterocycles. The second-order valence-corrected chi connectivity index (χ2v) is 7.44. The molecule has 0 atom stereocenters. The molecule has 0 unspecified atom stereocenters. The van der Waals surface area contributed by atoms with Crippen LogP contribution >= 0.6 is 0 Å². The van der Waals surface area contributed by atoms with Crippen LogP contribution in [-0.2, 0) is 9.84 Å². The van der Waals surface area contributed by atoms with Gasteiger partial charge in [0.05, 0.1) is 22.9 Å². The van der Waals surface area contributed by atoms with Crippen LogP contribution in [0.15, 0.2) is 23.1 Å². The summed E-state index contributed by atoms with van der Waals surface area (Å²) in [5.41, 5.74) is 5.80. The van der Waals surface area contributed by atoms with E-state index in [0.717, 1.165) is 5.69 Å². The molecule has 1 aliphatic rings. The van der Waals surface area contributed by atoms with E-state index in [0.29, 0.717) is 30.2 Å². The van der Waals surface area contributed by atoms with Gasteiger partial charge >= 0.3 is 0 Å². The molecule has 0 amide bonds. The van der Waals surface area contributed by atoms with Crippen molar-refractivity contribution in [2.24, 2.45) is 5.73 Å². The van der Waals surface area contributed by atoms with Crippen molar-refractivity contribution >= 4 is 15.5 Å². The molecule has 0 bridgehead atoms. The van der Waals surface area contributed by atoms with Crippen molar-refractivity contribution in [2.45, 2.75) is 30.8 Å². The number of nitrogens with two attached hydrogens (primary N) is 1. The van der Waals surface area contributed by atoms with E-state index in [-0.39, 0.29) is 11.4 Å². The lowest BCUT2D eigenvalue weighted by atomic mass is 10.1. The Balaban J connectivity index is 2.28. The Bertz CT molecular complexity index is 567. The van der Waals surface area contributed by atoms with Crippen LogP contribution < -0.4 is 15.8 Å². The summed E-state index contributed by atoms with van der Waals surface area (Å²) in [4.78, 5) is 0.315. The second-order valence-electron chi connectivity index (χ2n) is 5.33. The van der Waals surface area contributed by atoms with Gasteiger partial charge in [-0.15, -0.1) is 0 Å². The molecule has 5 nitrogen and oxygen atoms in total. The first-order valence-electron chi connectivity index (χ1n) is 6.34. The molecule has 106 valence electrons. The first kappa shape index (κ1) is 14.1. The van der Waals surface area contributed by atoms with Gasteiger partial charge < -0.3 is 15.8 Å². The largest absolute Gasteiger partial charge is 0.484 e. The number of hydrogen-bond acceptors (Lipinski definition) is 5. The number of rotatable bonds is 4. The first-order chi connectivity index (χ1) is 8.84. The summed E-state index contributed by atoms with van der Waals surface area (Å²) in [5, 5.41) is 3.21. The van der Waals surface area contributed by atoms with E-state index < -0.39 is 9.84 Å². The molecule has 0 saturated carbocycles. The number of sulfone groups is 1. The average Bonchev–Trinajstić information content (AvgIpc) is 2.34. The van der Waals surface area contributed by atoms with Crippen LogP contribution in [0.2, 0.25) is 0 Å². The zero-order chi connectivity index (χ0) is 14.1. The van der Waals surface area contributed by atoms with Crippen molar-refractivity contribution in [3.63, 3.8) is 0 Å². The highest BCUT2D eigenvalue weighted by Gasteiger charge is 2.27. The molecule has 0 saturated heterocycles. The number of fused-ring (bicyclic) bond motifs is 1. The predicted molar refractivity (Wildman–Crippen MR) is 75.4 cm³/mol. The normalized spacial score (nSPS) is 17.2. The minimum absolute atomic E-state index is 0.0780. The maximum atomic E-state index is 12.1. The van der Waals surface area contributed by atoms with Crippen LogP contribution in [-0.4, -0.2) is 32.9 Å². The van der Waals surface area contributed by atoms with E-state index in [1.807, 2.05) is 13.8 Å². The van der Waals surface area contributed by atoms with Gasteiger partial charge in [-0.1, -0.05) is 0 Å². The highest BCUT2D eigenvalue weighted by atomic mass is 32.2. The highest BCUT2D eigenvalue weighted by Crippen LogP contribution is 2.34. The fraction of sp³-hybridized carbons (Fsp3) is 0.538. The zero-order valence-electron chi connectivity index (χ0n) is 11.3. The van der Waals surface area contributed by atoms with Gasteiger partial charge in [0.1, 0.15) is 11.4 Å². The van der Waals surface area contributed by atoms with E-state index in [9.17, 15) is 8.42 Å². The van der Waals surface area contributed by atoms with Gasteiger partial charge in [-0.2, -0.15) is 0 Å². The summed E-state index contributed by atoms with van der Waals surface area (Å²) < 4.78 is 30.0. The van der Waals surface area contributed by atoms with E-state index in [2.05, 4.69) is 5.32 Å². The second kappa shape index (κ2) is 5.02. The molecule has 1 aromatic rings. The number of hydrogen-bond donors (Lipinski definition) is 2. The Labute approximate surface area is 114 Å². The fourth-order valence-electron chi connectivity index (χ4n) is 1.96. The van der Waals surface area contributed by atoms with Gasteiger partial charge in [0.15, 0.2) is 9.84 Å². The summed E-state index contributed by atoms with van der Waals surface area (Å²) in [5.74, 6) is 0.767. The summed E-state index contributed by atoms with van der Waals surface area (Å²) in [6, 6.07) is 4.93. The molecular formula is C13H20N2O3S. The van der Waals surface area contributed by atoms with Crippen LogP contribution in [0.5, 0.6) is 5.75 Å². The first-order valence-corrected chi connectivity index (χ1v) is 7.99. The third kappa shape index (κ3) is 3.19. The molecule has 3 N–H and O–H groups in total. The Morgan fingerprint density at radius 3 is 2.84 bits per heavy atom. The zero-order valence-corrected chi connectivity index (χ0v) is 12.1. The molecule has 0 fully saturated rings. The predicted octanol–water partition coefficient (Wildman–Crippen LogP) is 1.39. The van der Waals surface area contributed by atoms with Crippen LogP contribution in [0.1, 0.15) is 20.3 Å². The van der Waals surface area contributed by atoms with Crippen molar-refractivity contribution in [3.05, 3.63) is 18.2 Å². The van der Waals surface area contributed by atoms with E-state index >= 15 is 0 Å². The summed E-state index contributed by atoms with van der Waals surface area (Å²) in [6.07, 6.45) is 0.469. The lowest BCUT2D eigenvalue weighted by Gasteiger charge is -2.33. The minimum atomic E-state index is -3.26. The standard InChI is InChI=1S/C13H20N2O3S/c1-13(2)9-15-11-8-10(4-5-12(11)18-13)19(16,17)7-3-6-14/h4-5,8,15H,3,6-7,9,14H2,1-2H3. The average molecular weight is 284 g/mol. The van der Waals surface area contributed by atoms with Crippen LogP contribution in [0, 0.1) is 0 Å². The number of anilines is 1. The molecular weight excluding hydrogens is 264 g/mol. The molecule has 6 heteroatoms. The smallest absolute Gasteiger partial charge is 0.178 e. The minimum Gasteiger partial charge on any atom is -0.484 e. The molecule has 0 aromatic heterocycles.